The predicted molar refractivity (Wildman–Crippen MR) is 175 cm³/mol. The fraction of sp³-hybridized carbons (Fsp3) is 0.400. The number of hydrogen-bond donors (Lipinski definition) is 1. The van der Waals surface area contributed by atoms with Gasteiger partial charge in [0.25, 0.3) is 11.8 Å². The Morgan fingerprint density at radius 2 is 1.44 bits per heavy atom. The first-order valence-corrected chi connectivity index (χ1v) is 16.1. The molecule has 1 unspecified atom stereocenters. The minimum Gasteiger partial charge on any atom is -0.444 e. The topological polar surface area (TPSA) is 92.0 Å². The average Bonchev–Trinajstić information content (AvgIpc) is 3.65. The van der Waals surface area contributed by atoms with Crippen LogP contribution < -0.4 is 5.32 Å². The number of ether oxygens (including phenoxy) is 1. The number of para-hydroxylation sites is 2. The van der Waals surface area contributed by atoms with Gasteiger partial charge in [0.2, 0.25) is 0 Å². The van der Waals surface area contributed by atoms with Gasteiger partial charge >= 0.3 is 6.09 Å². The molecular weight excluding hydrogens is 568 g/mol. The molecule has 0 saturated carbocycles. The van der Waals surface area contributed by atoms with Crippen LogP contribution >= 0.6 is 0 Å². The highest BCUT2D eigenvalue weighted by Crippen LogP contribution is 2.45. The van der Waals surface area contributed by atoms with Crippen LogP contribution in [0.25, 0.3) is 43.6 Å². The summed E-state index contributed by atoms with van der Waals surface area (Å²) in [6.07, 6.45) is 2.02. The van der Waals surface area contributed by atoms with Crippen LogP contribution in [0.3, 0.4) is 0 Å². The number of benzene rings is 3. The number of nitrogens with one attached hydrogen (secondary N) is 1. The average molecular weight is 607 g/mol. The highest BCUT2D eigenvalue weighted by atomic mass is 16.6. The number of nitrogens with zero attached hydrogens (tertiary/aromatic N) is 5. The van der Waals surface area contributed by atoms with Crippen molar-refractivity contribution < 1.29 is 19.1 Å². The van der Waals surface area contributed by atoms with Crippen molar-refractivity contribution in [3.8, 4) is 0 Å². The van der Waals surface area contributed by atoms with E-state index in [0.29, 0.717) is 43.7 Å². The molecule has 3 aliphatic rings. The second-order valence-electron chi connectivity index (χ2n) is 12.9. The van der Waals surface area contributed by atoms with E-state index >= 15 is 0 Å². The smallest absolute Gasteiger partial charge is 0.410 e. The fourth-order valence-electron chi connectivity index (χ4n) is 7.81. The molecule has 0 bridgehead atoms. The summed E-state index contributed by atoms with van der Waals surface area (Å²) >= 11 is 0. The molecule has 2 aromatic heterocycles. The quantitative estimate of drug-likeness (QED) is 0.293. The van der Waals surface area contributed by atoms with Gasteiger partial charge in [-0.25, -0.2) is 4.79 Å². The third-order valence-electron chi connectivity index (χ3n) is 9.87. The van der Waals surface area contributed by atoms with Gasteiger partial charge in [-0.15, -0.1) is 0 Å². The largest absolute Gasteiger partial charge is 0.444 e. The maximum Gasteiger partial charge on any atom is 0.410 e. The molecule has 232 valence electrons. The van der Waals surface area contributed by atoms with Crippen molar-refractivity contribution >= 4 is 61.5 Å². The number of piperazine rings is 1. The molecule has 5 aromatic rings. The molecule has 3 amide bonds. The molecule has 8 rings (SSSR count). The van der Waals surface area contributed by atoms with Crippen molar-refractivity contribution in [3.63, 3.8) is 0 Å². The minimum absolute atomic E-state index is 0.256. The normalized spacial score (nSPS) is 19.1. The summed E-state index contributed by atoms with van der Waals surface area (Å²) in [7, 11) is 4.19. The molecular formula is C35H38N6O4. The van der Waals surface area contributed by atoms with Gasteiger partial charge in [-0.2, -0.15) is 0 Å². The Hall–Kier alpha value is -4.41. The number of aromatic nitrogens is 2. The molecule has 0 radical (unpaired) electrons. The standard InChI is InChI=1S/C35H38N6O4/c1-37(2)14-8-15-38-17-19-39(20-18-38)35(44)45-22-9-7-16-40-25-12-5-3-10-23(25)27-29-30(34(43)36-33(29)42)28-24-11-4-6-13-26(24)41(21-22)32(28)31(27)40/h3-6,10-13,22H,7-9,14-21H2,1-2H3,(H,36,42,43). The molecule has 5 heterocycles. The van der Waals surface area contributed by atoms with Crippen molar-refractivity contribution in [2.24, 2.45) is 0 Å². The van der Waals surface area contributed by atoms with Gasteiger partial charge < -0.3 is 23.7 Å². The lowest BCUT2D eigenvalue weighted by Crippen LogP contribution is -2.50. The number of carbonyl (C=O) groups is 3. The van der Waals surface area contributed by atoms with Crippen molar-refractivity contribution in [1.82, 2.24) is 29.2 Å². The molecule has 1 atom stereocenters. The van der Waals surface area contributed by atoms with Crippen LogP contribution in [0.5, 0.6) is 0 Å². The number of aryl methyl sites for hydroxylation is 1. The summed E-state index contributed by atoms with van der Waals surface area (Å²) in [6, 6.07) is 16.2. The number of imide groups is 1. The zero-order valence-electron chi connectivity index (χ0n) is 25.8. The molecule has 10 nitrogen and oxygen atoms in total. The predicted octanol–water partition coefficient (Wildman–Crippen LogP) is 4.65. The van der Waals surface area contributed by atoms with Crippen molar-refractivity contribution in [2.45, 2.75) is 38.5 Å². The number of hydrogen-bond acceptors (Lipinski definition) is 6. The molecule has 1 N–H and O–H groups in total. The maximum absolute atomic E-state index is 13.5. The molecule has 0 spiro atoms. The second-order valence-corrected chi connectivity index (χ2v) is 12.9. The van der Waals surface area contributed by atoms with Gasteiger partial charge in [0, 0.05) is 65.3 Å². The van der Waals surface area contributed by atoms with Gasteiger partial charge in [0.1, 0.15) is 6.10 Å². The van der Waals surface area contributed by atoms with E-state index in [2.05, 4.69) is 50.5 Å². The Kier molecular flexibility index (Phi) is 6.80. The lowest BCUT2D eigenvalue weighted by molar-refractivity contribution is 0.0366. The van der Waals surface area contributed by atoms with E-state index in [0.717, 1.165) is 82.6 Å². The zero-order chi connectivity index (χ0) is 30.8. The molecule has 3 aromatic carbocycles. The first-order valence-electron chi connectivity index (χ1n) is 16.1. The Morgan fingerprint density at radius 3 is 2.09 bits per heavy atom. The van der Waals surface area contributed by atoms with E-state index in [9.17, 15) is 14.4 Å². The summed E-state index contributed by atoms with van der Waals surface area (Å²) in [5.74, 6) is -0.707. The van der Waals surface area contributed by atoms with E-state index in [-0.39, 0.29) is 24.0 Å². The second kappa shape index (κ2) is 10.9. The summed E-state index contributed by atoms with van der Waals surface area (Å²) in [5, 5.41) is 6.09. The summed E-state index contributed by atoms with van der Waals surface area (Å²) in [5.41, 5.74) is 4.77. The number of carbonyl (C=O) groups excluding carboxylic acids is 3. The molecule has 1 saturated heterocycles. The summed E-state index contributed by atoms with van der Waals surface area (Å²) in [6.45, 7) is 6.29. The SMILES string of the molecule is CN(C)CCCN1CCN(C(=O)OC2CCCn3c4ccccc4c4c5c(c6c7ccccc7n(c6c43)C2)C(=O)NC5=O)CC1. The van der Waals surface area contributed by atoms with Crippen LogP contribution in [-0.4, -0.2) is 101 Å². The van der Waals surface area contributed by atoms with Crippen LogP contribution in [0.4, 0.5) is 4.79 Å². The molecule has 10 heteroatoms. The molecule has 45 heavy (non-hydrogen) atoms. The van der Waals surface area contributed by atoms with E-state index in [1.54, 1.807) is 0 Å². The number of rotatable bonds is 5. The molecule has 1 fully saturated rings. The van der Waals surface area contributed by atoms with Gasteiger partial charge in [-0.1, -0.05) is 36.4 Å². The van der Waals surface area contributed by atoms with E-state index in [1.165, 1.54) is 0 Å². The van der Waals surface area contributed by atoms with E-state index < -0.39 is 0 Å². The van der Waals surface area contributed by atoms with Crippen LogP contribution in [0.15, 0.2) is 48.5 Å². The Morgan fingerprint density at radius 1 is 0.844 bits per heavy atom. The van der Waals surface area contributed by atoms with E-state index in [4.69, 9.17) is 4.74 Å². The maximum atomic E-state index is 13.5. The van der Waals surface area contributed by atoms with Crippen molar-refractivity contribution in [1.29, 1.82) is 0 Å². The Balaban J connectivity index is 1.20. The lowest BCUT2D eigenvalue weighted by atomic mass is 9.96. The first-order chi connectivity index (χ1) is 21.9. The first kappa shape index (κ1) is 28.1. The van der Waals surface area contributed by atoms with Crippen LogP contribution in [0.2, 0.25) is 0 Å². The third-order valence-corrected chi connectivity index (χ3v) is 9.87. The van der Waals surface area contributed by atoms with Crippen LogP contribution in [-0.2, 0) is 17.8 Å². The number of fused-ring (bicyclic) bond motifs is 9. The Bertz CT molecular complexity index is 2020. The van der Waals surface area contributed by atoms with Gasteiger partial charge in [0.15, 0.2) is 0 Å². The van der Waals surface area contributed by atoms with Crippen molar-refractivity contribution in [2.75, 3.05) is 53.4 Å². The summed E-state index contributed by atoms with van der Waals surface area (Å²) < 4.78 is 10.8. The van der Waals surface area contributed by atoms with Gasteiger partial charge in [-0.3, -0.25) is 19.8 Å². The van der Waals surface area contributed by atoms with E-state index in [1.807, 2.05) is 41.3 Å². The Labute approximate surface area is 261 Å². The monoisotopic (exact) mass is 606 g/mol. The minimum atomic E-state index is -0.361. The molecule has 0 aliphatic carbocycles. The highest BCUT2D eigenvalue weighted by Gasteiger charge is 2.37. The number of amides is 3. The highest BCUT2D eigenvalue weighted by molar-refractivity contribution is 6.39. The fourth-order valence-corrected chi connectivity index (χ4v) is 7.81. The summed E-state index contributed by atoms with van der Waals surface area (Å²) in [4.78, 5) is 46.8. The lowest BCUT2D eigenvalue weighted by Gasteiger charge is -2.35. The van der Waals surface area contributed by atoms with Gasteiger partial charge in [0.05, 0.1) is 28.7 Å². The zero-order valence-corrected chi connectivity index (χ0v) is 25.8. The van der Waals surface area contributed by atoms with Crippen molar-refractivity contribution in [3.05, 3.63) is 59.7 Å². The molecule has 3 aliphatic heterocycles. The third kappa shape index (κ3) is 4.49. The van der Waals surface area contributed by atoms with Crippen LogP contribution in [0.1, 0.15) is 40.0 Å². The van der Waals surface area contributed by atoms with Gasteiger partial charge in [-0.05, 0) is 58.6 Å². The van der Waals surface area contributed by atoms with Crippen LogP contribution in [0, 0.1) is 0 Å².